The van der Waals surface area contributed by atoms with E-state index in [1.165, 1.54) is 45.6 Å². The number of carbonyl (C=O) groups is 1. The average molecular weight is 386 g/mol. The van der Waals surface area contributed by atoms with Crippen LogP contribution in [0.2, 0.25) is 5.02 Å². The first-order valence-corrected chi connectivity index (χ1v) is 8.81. The summed E-state index contributed by atoms with van der Waals surface area (Å²) in [5.41, 5.74) is 0.261. The topological polar surface area (TPSA) is 90.9 Å². The molecule has 0 unspecified atom stereocenters. The molecule has 2 aromatic carbocycles. The summed E-state index contributed by atoms with van der Waals surface area (Å²) in [5, 5.41) is -0.0346. The highest BCUT2D eigenvalue weighted by molar-refractivity contribution is 7.92. The summed E-state index contributed by atoms with van der Waals surface area (Å²) >= 11 is 5.99. The van der Waals surface area contributed by atoms with Crippen LogP contribution < -0.4 is 14.2 Å². The Morgan fingerprint density at radius 2 is 1.76 bits per heavy atom. The maximum atomic E-state index is 12.7. The van der Waals surface area contributed by atoms with Crippen LogP contribution in [0.25, 0.3) is 0 Å². The van der Waals surface area contributed by atoms with Gasteiger partial charge in [-0.25, -0.2) is 13.2 Å². The van der Waals surface area contributed by atoms with Gasteiger partial charge in [-0.3, -0.25) is 4.72 Å². The number of ether oxygens (including phenoxy) is 3. The quantitative estimate of drug-likeness (QED) is 0.769. The molecule has 0 saturated heterocycles. The van der Waals surface area contributed by atoms with Gasteiger partial charge in [0.15, 0.2) is 0 Å². The van der Waals surface area contributed by atoms with Gasteiger partial charge in [-0.15, -0.1) is 0 Å². The molecular formula is C16H16ClNO6S. The lowest BCUT2D eigenvalue weighted by Crippen LogP contribution is -2.15. The molecule has 0 aromatic heterocycles. The number of benzene rings is 2. The third-order valence-electron chi connectivity index (χ3n) is 3.29. The zero-order valence-electron chi connectivity index (χ0n) is 13.7. The largest absolute Gasteiger partial charge is 0.497 e. The molecule has 0 aliphatic carbocycles. The SMILES string of the molecule is COC(=O)c1ccc(Cl)c(S(=O)(=O)Nc2ccc(OC)cc2OC)c1. The molecule has 1 N–H and O–H groups in total. The van der Waals surface area contributed by atoms with Crippen molar-refractivity contribution in [1.29, 1.82) is 0 Å². The Hall–Kier alpha value is -2.45. The number of sulfonamides is 1. The number of anilines is 1. The highest BCUT2D eigenvalue weighted by Crippen LogP contribution is 2.32. The summed E-state index contributed by atoms with van der Waals surface area (Å²) in [6.07, 6.45) is 0. The second kappa shape index (κ2) is 7.62. The van der Waals surface area contributed by atoms with Gasteiger partial charge in [-0.05, 0) is 30.3 Å². The highest BCUT2D eigenvalue weighted by atomic mass is 35.5. The summed E-state index contributed by atoms with van der Waals surface area (Å²) in [6.45, 7) is 0. The van der Waals surface area contributed by atoms with Gasteiger partial charge in [0.1, 0.15) is 16.4 Å². The Morgan fingerprint density at radius 1 is 1.04 bits per heavy atom. The van der Waals surface area contributed by atoms with Crippen LogP contribution in [0.15, 0.2) is 41.3 Å². The average Bonchev–Trinajstić information content (AvgIpc) is 2.61. The normalized spacial score (nSPS) is 10.9. The predicted octanol–water partition coefficient (Wildman–Crippen LogP) is 2.94. The number of methoxy groups -OCH3 is 3. The van der Waals surface area contributed by atoms with Crippen LogP contribution >= 0.6 is 11.6 Å². The molecule has 2 aromatic rings. The third kappa shape index (κ3) is 4.15. The molecule has 0 atom stereocenters. The molecule has 0 aliphatic heterocycles. The molecule has 7 nitrogen and oxygen atoms in total. The van der Waals surface area contributed by atoms with Crippen molar-refractivity contribution in [3.05, 3.63) is 47.0 Å². The second-order valence-corrected chi connectivity index (χ2v) is 6.87. The van der Waals surface area contributed by atoms with Gasteiger partial charge in [-0.2, -0.15) is 0 Å². The number of nitrogens with one attached hydrogen (secondary N) is 1. The number of hydrogen-bond acceptors (Lipinski definition) is 6. The van der Waals surface area contributed by atoms with Crippen molar-refractivity contribution < 1.29 is 27.4 Å². The van der Waals surface area contributed by atoms with E-state index in [0.717, 1.165) is 6.07 Å². The maximum absolute atomic E-state index is 12.7. The molecule has 0 bridgehead atoms. The van der Waals surface area contributed by atoms with Crippen LogP contribution in [0.4, 0.5) is 5.69 Å². The Morgan fingerprint density at radius 3 is 2.36 bits per heavy atom. The minimum atomic E-state index is -4.07. The third-order valence-corrected chi connectivity index (χ3v) is 5.14. The monoisotopic (exact) mass is 385 g/mol. The number of esters is 1. The van der Waals surface area contributed by atoms with Gasteiger partial charge in [0.25, 0.3) is 10.0 Å². The zero-order chi connectivity index (χ0) is 18.6. The van der Waals surface area contributed by atoms with E-state index in [9.17, 15) is 13.2 Å². The van der Waals surface area contributed by atoms with E-state index in [2.05, 4.69) is 9.46 Å². The van der Waals surface area contributed by atoms with Crippen molar-refractivity contribution in [3.63, 3.8) is 0 Å². The second-order valence-electron chi connectivity index (χ2n) is 4.81. The van der Waals surface area contributed by atoms with E-state index in [1.54, 1.807) is 6.07 Å². The Bertz CT molecular complexity index is 897. The first kappa shape index (κ1) is 18.9. The molecule has 134 valence electrons. The van der Waals surface area contributed by atoms with Crippen LogP contribution in [0, 0.1) is 0 Å². The summed E-state index contributed by atoms with van der Waals surface area (Å²) in [5.74, 6) is 0.101. The first-order valence-electron chi connectivity index (χ1n) is 6.95. The molecular weight excluding hydrogens is 370 g/mol. The molecule has 0 saturated carbocycles. The van der Waals surface area contributed by atoms with Crippen molar-refractivity contribution >= 4 is 33.3 Å². The van der Waals surface area contributed by atoms with E-state index in [-0.39, 0.29) is 26.9 Å². The van der Waals surface area contributed by atoms with E-state index < -0.39 is 16.0 Å². The Kier molecular flexibility index (Phi) is 5.76. The molecule has 0 spiro atoms. The number of rotatable bonds is 6. The summed E-state index contributed by atoms with van der Waals surface area (Å²) < 4.78 is 42.6. The molecule has 0 aliphatic rings. The summed E-state index contributed by atoms with van der Waals surface area (Å²) in [7, 11) is 0.0121. The van der Waals surface area contributed by atoms with E-state index in [1.807, 2.05) is 0 Å². The van der Waals surface area contributed by atoms with Gasteiger partial charge in [0.05, 0.1) is 37.6 Å². The Labute approximate surface area is 150 Å². The standard InChI is InChI=1S/C16H16ClNO6S/c1-22-11-5-7-13(14(9-11)23-2)18-25(20,21)15-8-10(16(19)24-3)4-6-12(15)17/h4-9,18H,1-3H3. The van der Waals surface area contributed by atoms with Gasteiger partial charge in [0, 0.05) is 6.07 Å². The molecule has 9 heteroatoms. The lowest BCUT2D eigenvalue weighted by Gasteiger charge is -2.14. The van der Waals surface area contributed by atoms with Crippen molar-refractivity contribution in [2.45, 2.75) is 4.90 Å². The smallest absolute Gasteiger partial charge is 0.337 e. The predicted molar refractivity (Wildman–Crippen MR) is 93.1 cm³/mol. The van der Waals surface area contributed by atoms with Gasteiger partial charge in [0.2, 0.25) is 0 Å². The van der Waals surface area contributed by atoms with Crippen molar-refractivity contribution in [3.8, 4) is 11.5 Å². The van der Waals surface area contributed by atoms with Crippen molar-refractivity contribution in [2.75, 3.05) is 26.1 Å². The van der Waals surface area contributed by atoms with Crippen molar-refractivity contribution in [2.24, 2.45) is 0 Å². The number of halogens is 1. The lowest BCUT2D eigenvalue weighted by molar-refractivity contribution is 0.0600. The fourth-order valence-electron chi connectivity index (χ4n) is 2.04. The molecule has 2 rings (SSSR count). The van der Waals surface area contributed by atoms with Crippen LogP contribution in [0.5, 0.6) is 11.5 Å². The molecule has 25 heavy (non-hydrogen) atoms. The minimum Gasteiger partial charge on any atom is -0.497 e. The van der Waals surface area contributed by atoms with Crippen LogP contribution in [0.3, 0.4) is 0 Å². The van der Waals surface area contributed by atoms with Crippen molar-refractivity contribution in [1.82, 2.24) is 0 Å². The Balaban J connectivity index is 2.45. The van der Waals surface area contributed by atoms with Crippen LogP contribution in [-0.4, -0.2) is 35.7 Å². The fraction of sp³-hybridized carbons (Fsp3) is 0.188. The van der Waals surface area contributed by atoms with Gasteiger partial charge < -0.3 is 14.2 Å². The van der Waals surface area contributed by atoms with E-state index in [0.29, 0.717) is 5.75 Å². The van der Waals surface area contributed by atoms with E-state index in [4.69, 9.17) is 21.1 Å². The highest BCUT2D eigenvalue weighted by Gasteiger charge is 2.22. The molecule has 0 fully saturated rings. The summed E-state index contributed by atoms with van der Waals surface area (Å²) in [4.78, 5) is 11.4. The van der Waals surface area contributed by atoms with Crippen LogP contribution in [-0.2, 0) is 14.8 Å². The fourth-order valence-corrected chi connectivity index (χ4v) is 3.63. The minimum absolute atomic E-state index is 0.0346. The zero-order valence-corrected chi connectivity index (χ0v) is 15.3. The van der Waals surface area contributed by atoms with Crippen LogP contribution in [0.1, 0.15) is 10.4 Å². The van der Waals surface area contributed by atoms with Gasteiger partial charge >= 0.3 is 5.97 Å². The molecule has 0 amide bonds. The van der Waals surface area contributed by atoms with E-state index >= 15 is 0 Å². The molecule has 0 radical (unpaired) electrons. The van der Waals surface area contributed by atoms with Gasteiger partial charge in [-0.1, -0.05) is 11.6 Å². The first-order chi connectivity index (χ1) is 11.8. The summed E-state index contributed by atoms with van der Waals surface area (Å²) in [6, 6.07) is 8.44. The number of hydrogen-bond donors (Lipinski definition) is 1. The lowest BCUT2D eigenvalue weighted by atomic mass is 10.2. The molecule has 0 heterocycles. The number of carbonyl (C=O) groups excluding carboxylic acids is 1. The maximum Gasteiger partial charge on any atom is 0.337 e.